The fourth-order valence-corrected chi connectivity index (χ4v) is 2.87. The summed E-state index contributed by atoms with van der Waals surface area (Å²) >= 11 is 0. The third-order valence-corrected chi connectivity index (χ3v) is 4.45. The summed E-state index contributed by atoms with van der Waals surface area (Å²) in [5.74, 6) is 0.655. The lowest BCUT2D eigenvalue weighted by Crippen LogP contribution is -2.23. The molecule has 0 spiro atoms. The molecule has 5 heteroatoms. The Morgan fingerprint density at radius 2 is 1.92 bits per heavy atom. The number of benzene rings is 2. The van der Waals surface area contributed by atoms with Crippen molar-refractivity contribution >= 4 is 23.2 Å². The molecule has 0 aliphatic carbocycles. The van der Waals surface area contributed by atoms with Gasteiger partial charge in [0.2, 0.25) is 5.91 Å². The van der Waals surface area contributed by atoms with E-state index in [9.17, 15) is 9.59 Å². The molecule has 0 saturated carbocycles. The predicted molar refractivity (Wildman–Crippen MR) is 98.1 cm³/mol. The molecule has 1 saturated heterocycles. The lowest BCUT2D eigenvalue weighted by Gasteiger charge is -2.16. The largest absolute Gasteiger partial charge is 0.483 e. The van der Waals surface area contributed by atoms with Crippen LogP contribution < -0.4 is 15.0 Å². The van der Waals surface area contributed by atoms with Gasteiger partial charge in [-0.2, -0.15) is 0 Å². The fourth-order valence-electron chi connectivity index (χ4n) is 2.87. The number of anilines is 2. The van der Waals surface area contributed by atoms with Crippen molar-refractivity contribution in [3.05, 3.63) is 53.6 Å². The summed E-state index contributed by atoms with van der Waals surface area (Å²) in [6.07, 6.45) is 1.50. The number of nitrogens with one attached hydrogen (secondary N) is 1. The number of amides is 2. The summed E-state index contributed by atoms with van der Waals surface area (Å²) in [5, 5.41) is 2.81. The zero-order chi connectivity index (χ0) is 17.8. The van der Waals surface area contributed by atoms with Gasteiger partial charge in [-0.05, 0) is 61.7 Å². The molecule has 5 nitrogen and oxygen atoms in total. The highest BCUT2D eigenvalue weighted by Crippen LogP contribution is 2.23. The van der Waals surface area contributed by atoms with E-state index in [0.717, 1.165) is 35.5 Å². The second kappa shape index (κ2) is 7.38. The monoisotopic (exact) mass is 338 g/mol. The number of hydrogen-bond donors (Lipinski definition) is 1. The molecule has 1 heterocycles. The Morgan fingerprint density at radius 1 is 1.16 bits per heavy atom. The molecular weight excluding hydrogens is 316 g/mol. The Hall–Kier alpha value is -2.82. The third-order valence-electron chi connectivity index (χ3n) is 4.45. The first-order valence-corrected chi connectivity index (χ1v) is 8.44. The van der Waals surface area contributed by atoms with Gasteiger partial charge >= 0.3 is 0 Å². The first kappa shape index (κ1) is 17.0. The number of hydrogen-bond acceptors (Lipinski definition) is 3. The molecule has 1 aliphatic heterocycles. The third kappa shape index (κ3) is 3.99. The molecule has 2 amide bonds. The van der Waals surface area contributed by atoms with Crippen LogP contribution in [-0.2, 0) is 9.59 Å². The number of ether oxygens (including phenoxy) is 1. The average molecular weight is 338 g/mol. The molecule has 2 aromatic rings. The Balaban J connectivity index is 1.56. The topological polar surface area (TPSA) is 58.6 Å². The average Bonchev–Trinajstić information content (AvgIpc) is 3.03. The van der Waals surface area contributed by atoms with Crippen molar-refractivity contribution in [2.75, 3.05) is 23.4 Å². The summed E-state index contributed by atoms with van der Waals surface area (Å²) in [6.45, 7) is 4.70. The highest BCUT2D eigenvalue weighted by Gasteiger charge is 2.21. The quantitative estimate of drug-likeness (QED) is 0.908. The van der Waals surface area contributed by atoms with E-state index in [4.69, 9.17) is 4.74 Å². The van der Waals surface area contributed by atoms with E-state index in [2.05, 4.69) is 5.32 Å². The van der Waals surface area contributed by atoms with Crippen LogP contribution in [0, 0.1) is 13.8 Å². The number of nitrogens with zero attached hydrogens (tertiary/aromatic N) is 1. The lowest BCUT2D eigenvalue weighted by atomic mass is 10.1. The van der Waals surface area contributed by atoms with E-state index in [-0.39, 0.29) is 18.4 Å². The van der Waals surface area contributed by atoms with Crippen molar-refractivity contribution in [1.82, 2.24) is 0 Å². The first-order chi connectivity index (χ1) is 12.0. The number of aryl methyl sites for hydroxylation is 1. The van der Waals surface area contributed by atoms with Gasteiger partial charge in [-0.3, -0.25) is 9.59 Å². The lowest BCUT2D eigenvalue weighted by molar-refractivity contribution is -0.118. The van der Waals surface area contributed by atoms with Crippen LogP contribution in [0.2, 0.25) is 0 Å². The Labute approximate surface area is 147 Å². The standard InChI is InChI=1S/C20H22N2O3/c1-14-5-3-6-18(15(14)2)25-13-19(23)21-16-8-10-17(11-9-16)22-12-4-7-20(22)24/h3,5-6,8-11H,4,7,12-13H2,1-2H3,(H,21,23). The van der Waals surface area contributed by atoms with Crippen LogP contribution in [0.5, 0.6) is 5.75 Å². The molecule has 25 heavy (non-hydrogen) atoms. The van der Waals surface area contributed by atoms with E-state index < -0.39 is 0 Å². The van der Waals surface area contributed by atoms with Crippen LogP contribution in [0.4, 0.5) is 11.4 Å². The SMILES string of the molecule is Cc1cccc(OCC(=O)Nc2ccc(N3CCCC3=O)cc2)c1C. The Bertz CT molecular complexity index is 784. The van der Waals surface area contributed by atoms with Gasteiger partial charge in [0.15, 0.2) is 6.61 Å². The van der Waals surface area contributed by atoms with Crippen molar-refractivity contribution in [2.24, 2.45) is 0 Å². The smallest absolute Gasteiger partial charge is 0.262 e. The van der Waals surface area contributed by atoms with Gasteiger partial charge in [0, 0.05) is 24.3 Å². The highest BCUT2D eigenvalue weighted by atomic mass is 16.5. The van der Waals surface area contributed by atoms with E-state index in [1.54, 1.807) is 17.0 Å². The summed E-state index contributed by atoms with van der Waals surface area (Å²) in [6, 6.07) is 13.1. The van der Waals surface area contributed by atoms with Gasteiger partial charge in [-0.1, -0.05) is 12.1 Å². The molecule has 0 bridgehead atoms. The van der Waals surface area contributed by atoms with Crippen LogP contribution in [0.1, 0.15) is 24.0 Å². The minimum absolute atomic E-state index is 0.0450. The minimum atomic E-state index is -0.217. The molecule has 0 aromatic heterocycles. The van der Waals surface area contributed by atoms with Crippen LogP contribution >= 0.6 is 0 Å². The fraction of sp³-hybridized carbons (Fsp3) is 0.300. The zero-order valence-corrected chi connectivity index (χ0v) is 14.5. The maximum absolute atomic E-state index is 12.1. The summed E-state index contributed by atoms with van der Waals surface area (Å²) in [5.41, 5.74) is 3.72. The molecule has 2 aromatic carbocycles. The van der Waals surface area contributed by atoms with Crippen LogP contribution in [0.15, 0.2) is 42.5 Å². The summed E-state index contributed by atoms with van der Waals surface area (Å²) in [7, 11) is 0. The van der Waals surface area contributed by atoms with Gasteiger partial charge in [0.1, 0.15) is 5.75 Å². The van der Waals surface area contributed by atoms with Crippen molar-refractivity contribution in [1.29, 1.82) is 0 Å². The minimum Gasteiger partial charge on any atom is -0.483 e. The van der Waals surface area contributed by atoms with Gasteiger partial charge in [-0.25, -0.2) is 0 Å². The van der Waals surface area contributed by atoms with Crippen molar-refractivity contribution in [3.8, 4) is 5.75 Å². The molecule has 0 atom stereocenters. The maximum Gasteiger partial charge on any atom is 0.262 e. The second-order valence-corrected chi connectivity index (χ2v) is 6.23. The maximum atomic E-state index is 12.1. The molecule has 0 radical (unpaired) electrons. The second-order valence-electron chi connectivity index (χ2n) is 6.23. The van der Waals surface area contributed by atoms with Crippen LogP contribution in [0.3, 0.4) is 0 Å². The Kier molecular flexibility index (Phi) is 5.03. The normalized spacial score (nSPS) is 13.8. The molecule has 1 aliphatic rings. The van der Waals surface area contributed by atoms with Crippen LogP contribution in [0.25, 0.3) is 0 Å². The van der Waals surface area contributed by atoms with Gasteiger partial charge in [-0.15, -0.1) is 0 Å². The molecule has 1 fully saturated rings. The molecule has 130 valence electrons. The molecular formula is C20H22N2O3. The summed E-state index contributed by atoms with van der Waals surface area (Å²) in [4.78, 5) is 25.6. The van der Waals surface area contributed by atoms with Crippen molar-refractivity contribution in [3.63, 3.8) is 0 Å². The summed E-state index contributed by atoms with van der Waals surface area (Å²) < 4.78 is 5.61. The predicted octanol–water partition coefficient (Wildman–Crippen LogP) is 3.45. The highest BCUT2D eigenvalue weighted by molar-refractivity contribution is 5.96. The van der Waals surface area contributed by atoms with E-state index in [1.165, 1.54) is 0 Å². The molecule has 3 rings (SSSR count). The van der Waals surface area contributed by atoms with Crippen LogP contribution in [-0.4, -0.2) is 25.0 Å². The first-order valence-electron chi connectivity index (χ1n) is 8.44. The molecule has 1 N–H and O–H groups in total. The van der Waals surface area contributed by atoms with Gasteiger partial charge in [0.05, 0.1) is 0 Å². The van der Waals surface area contributed by atoms with E-state index >= 15 is 0 Å². The van der Waals surface area contributed by atoms with E-state index in [0.29, 0.717) is 12.1 Å². The number of rotatable bonds is 5. The van der Waals surface area contributed by atoms with Crippen molar-refractivity contribution in [2.45, 2.75) is 26.7 Å². The van der Waals surface area contributed by atoms with E-state index in [1.807, 2.05) is 44.2 Å². The molecule has 0 unspecified atom stereocenters. The van der Waals surface area contributed by atoms with Crippen molar-refractivity contribution < 1.29 is 14.3 Å². The number of carbonyl (C=O) groups is 2. The number of carbonyl (C=O) groups excluding carboxylic acids is 2. The van der Waals surface area contributed by atoms with Gasteiger partial charge < -0.3 is 15.0 Å². The van der Waals surface area contributed by atoms with Gasteiger partial charge in [0.25, 0.3) is 5.91 Å². The zero-order valence-electron chi connectivity index (χ0n) is 14.5. The Morgan fingerprint density at radius 3 is 2.60 bits per heavy atom.